The van der Waals surface area contributed by atoms with E-state index in [-0.39, 0.29) is 24.8 Å². The van der Waals surface area contributed by atoms with Gasteiger partial charge in [-0.25, -0.2) is 0 Å². The van der Waals surface area contributed by atoms with Crippen molar-refractivity contribution in [3.8, 4) is 11.5 Å². The van der Waals surface area contributed by atoms with Crippen LogP contribution in [0.15, 0.2) is 48.5 Å². The first kappa shape index (κ1) is 20.6. The molecule has 2 aromatic rings. The molecule has 0 saturated carbocycles. The van der Waals surface area contributed by atoms with Crippen LogP contribution in [0.4, 0.5) is 5.69 Å². The van der Waals surface area contributed by atoms with Crippen molar-refractivity contribution >= 4 is 29.1 Å². The normalized spacial score (nSPS) is 10.1. The maximum Gasteiger partial charge on any atom is 0.243 e. The van der Waals surface area contributed by atoms with Crippen LogP contribution in [0.25, 0.3) is 0 Å². The predicted octanol–water partition coefficient (Wildman–Crippen LogP) is 3.65. The average Bonchev–Trinajstić information content (AvgIpc) is 2.67. The summed E-state index contributed by atoms with van der Waals surface area (Å²) in [4.78, 5) is 23.7. The zero-order chi connectivity index (χ0) is 19.5. The van der Waals surface area contributed by atoms with Crippen molar-refractivity contribution in [2.75, 3.05) is 25.1 Å². The van der Waals surface area contributed by atoms with Crippen molar-refractivity contribution in [1.82, 2.24) is 5.32 Å². The summed E-state index contributed by atoms with van der Waals surface area (Å²) in [5, 5.41) is 5.86. The Morgan fingerprint density at radius 1 is 0.963 bits per heavy atom. The highest BCUT2D eigenvalue weighted by Gasteiger charge is 2.07. The smallest absolute Gasteiger partial charge is 0.243 e. The first-order chi connectivity index (χ1) is 13.1. The van der Waals surface area contributed by atoms with Gasteiger partial charge >= 0.3 is 0 Å². The van der Waals surface area contributed by atoms with Crippen molar-refractivity contribution in [1.29, 1.82) is 0 Å². The van der Waals surface area contributed by atoms with Crippen LogP contribution in [0.3, 0.4) is 0 Å². The van der Waals surface area contributed by atoms with Gasteiger partial charge in [0.15, 0.2) is 11.5 Å². The van der Waals surface area contributed by atoms with Gasteiger partial charge in [-0.2, -0.15) is 0 Å². The molecule has 2 amide bonds. The molecular weight excluding hydrogens is 368 g/mol. The summed E-state index contributed by atoms with van der Waals surface area (Å²) in [5.74, 6) is 0.834. The standard InChI is InChI=1S/C20H23ClN2O4/c1-2-26-17-6-3-4-7-18(17)27-13-5-8-19(24)22-14-20(25)23-16-11-9-15(21)10-12-16/h3-4,6-7,9-12H,2,5,8,13-14H2,1H3,(H,22,24)(H,23,25). The summed E-state index contributed by atoms with van der Waals surface area (Å²) in [7, 11) is 0. The molecule has 0 bridgehead atoms. The molecule has 6 nitrogen and oxygen atoms in total. The molecule has 0 aliphatic heterocycles. The van der Waals surface area contributed by atoms with Gasteiger partial charge in [0.25, 0.3) is 0 Å². The summed E-state index contributed by atoms with van der Waals surface area (Å²) in [6.07, 6.45) is 0.802. The van der Waals surface area contributed by atoms with E-state index in [1.54, 1.807) is 24.3 Å². The van der Waals surface area contributed by atoms with Crippen molar-refractivity contribution in [3.63, 3.8) is 0 Å². The minimum atomic E-state index is -0.299. The summed E-state index contributed by atoms with van der Waals surface area (Å²) in [6, 6.07) is 14.2. The molecule has 0 aliphatic carbocycles. The molecule has 0 spiro atoms. The van der Waals surface area contributed by atoms with E-state index in [1.807, 2.05) is 31.2 Å². The Labute approximate surface area is 163 Å². The first-order valence-corrected chi connectivity index (χ1v) is 9.13. The lowest BCUT2D eigenvalue weighted by atomic mass is 10.3. The highest BCUT2D eigenvalue weighted by atomic mass is 35.5. The molecule has 2 N–H and O–H groups in total. The molecule has 144 valence electrons. The topological polar surface area (TPSA) is 76.7 Å². The number of rotatable bonds is 10. The van der Waals surface area contributed by atoms with Crippen LogP contribution in [0.5, 0.6) is 11.5 Å². The minimum absolute atomic E-state index is 0.0878. The van der Waals surface area contributed by atoms with Gasteiger partial charge in [0.2, 0.25) is 11.8 Å². The number of benzene rings is 2. The second-order valence-electron chi connectivity index (χ2n) is 5.66. The van der Waals surface area contributed by atoms with Gasteiger partial charge in [-0.15, -0.1) is 0 Å². The molecule has 27 heavy (non-hydrogen) atoms. The van der Waals surface area contributed by atoms with Crippen molar-refractivity contribution in [2.24, 2.45) is 0 Å². The summed E-state index contributed by atoms with van der Waals surface area (Å²) >= 11 is 5.79. The van der Waals surface area contributed by atoms with Gasteiger partial charge in [0.1, 0.15) is 0 Å². The SMILES string of the molecule is CCOc1ccccc1OCCCC(=O)NCC(=O)Nc1ccc(Cl)cc1. The lowest BCUT2D eigenvalue weighted by molar-refractivity contribution is -0.124. The van der Waals surface area contributed by atoms with Crippen LogP contribution in [-0.4, -0.2) is 31.6 Å². The molecule has 0 atom stereocenters. The van der Waals surface area contributed by atoms with Gasteiger partial charge < -0.3 is 20.1 Å². The first-order valence-electron chi connectivity index (χ1n) is 8.75. The number of ether oxygens (including phenoxy) is 2. The zero-order valence-corrected chi connectivity index (χ0v) is 15.9. The molecule has 0 saturated heterocycles. The lowest BCUT2D eigenvalue weighted by Gasteiger charge is -2.11. The van der Waals surface area contributed by atoms with Crippen LogP contribution in [0.2, 0.25) is 5.02 Å². The third-order valence-corrected chi connectivity index (χ3v) is 3.78. The van der Waals surface area contributed by atoms with Crippen molar-refractivity contribution in [3.05, 3.63) is 53.6 Å². The van der Waals surface area contributed by atoms with Crippen molar-refractivity contribution < 1.29 is 19.1 Å². The van der Waals surface area contributed by atoms with Crippen LogP contribution >= 0.6 is 11.6 Å². The molecule has 7 heteroatoms. The number of amides is 2. The quantitative estimate of drug-likeness (QED) is 0.607. The van der Waals surface area contributed by atoms with Gasteiger partial charge in [-0.3, -0.25) is 9.59 Å². The van der Waals surface area contributed by atoms with Gasteiger partial charge in [0, 0.05) is 17.1 Å². The molecule has 0 fully saturated rings. The number of carbonyl (C=O) groups excluding carboxylic acids is 2. The number of para-hydroxylation sites is 2. The van der Waals surface area contributed by atoms with E-state index in [0.29, 0.717) is 41.8 Å². The molecule has 2 rings (SSSR count). The fourth-order valence-electron chi connectivity index (χ4n) is 2.26. The van der Waals surface area contributed by atoms with E-state index >= 15 is 0 Å². The Bertz CT molecular complexity index is 750. The van der Waals surface area contributed by atoms with E-state index in [4.69, 9.17) is 21.1 Å². The molecule has 0 aromatic heterocycles. The zero-order valence-electron chi connectivity index (χ0n) is 15.2. The maximum absolute atomic E-state index is 11.8. The van der Waals surface area contributed by atoms with Gasteiger partial charge in [0.05, 0.1) is 19.8 Å². The lowest BCUT2D eigenvalue weighted by Crippen LogP contribution is -2.32. The Kier molecular flexibility index (Phi) is 8.45. The number of nitrogens with one attached hydrogen (secondary N) is 2. The van der Waals surface area contributed by atoms with E-state index in [9.17, 15) is 9.59 Å². The van der Waals surface area contributed by atoms with Crippen LogP contribution in [0.1, 0.15) is 19.8 Å². The number of carbonyl (C=O) groups is 2. The highest BCUT2D eigenvalue weighted by Crippen LogP contribution is 2.26. The fraction of sp³-hybridized carbons (Fsp3) is 0.300. The second-order valence-corrected chi connectivity index (χ2v) is 6.10. The summed E-state index contributed by atoms with van der Waals surface area (Å²) in [5.41, 5.74) is 0.625. The third-order valence-electron chi connectivity index (χ3n) is 3.53. The molecule has 2 aromatic carbocycles. The number of anilines is 1. The maximum atomic E-state index is 11.8. The molecule has 0 aliphatic rings. The van der Waals surface area contributed by atoms with E-state index in [0.717, 1.165) is 0 Å². The number of halogens is 1. The highest BCUT2D eigenvalue weighted by molar-refractivity contribution is 6.30. The predicted molar refractivity (Wildman–Crippen MR) is 105 cm³/mol. The summed E-state index contributed by atoms with van der Waals surface area (Å²) < 4.78 is 11.1. The van der Waals surface area contributed by atoms with E-state index < -0.39 is 0 Å². The Morgan fingerprint density at radius 3 is 2.30 bits per heavy atom. The molecule has 0 heterocycles. The Morgan fingerprint density at radius 2 is 1.63 bits per heavy atom. The fourth-order valence-corrected chi connectivity index (χ4v) is 2.39. The van der Waals surface area contributed by atoms with Crippen LogP contribution in [0, 0.1) is 0 Å². The largest absolute Gasteiger partial charge is 0.490 e. The molecular formula is C20H23ClN2O4. The van der Waals surface area contributed by atoms with Gasteiger partial charge in [-0.1, -0.05) is 23.7 Å². The Balaban J connectivity index is 1.63. The summed E-state index contributed by atoms with van der Waals surface area (Å²) in [6.45, 7) is 2.76. The van der Waals surface area contributed by atoms with Crippen LogP contribution in [-0.2, 0) is 9.59 Å². The average molecular weight is 391 g/mol. The van der Waals surface area contributed by atoms with E-state index in [1.165, 1.54) is 0 Å². The monoisotopic (exact) mass is 390 g/mol. The molecule has 0 radical (unpaired) electrons. The van der Waals surface area contributed by atoms with Gasteiger partial charge in [-0.05, 0) is 49.7 Å². The van der Waals surface area contributed by atoms with E-state index in [2.05, 4.69) is 10.6 Å². The Hall–Kier alpha value is -2.73. The van der Waals surface area contributed by atoms with Crippen LogP contribution < -0.4 is 20.1 Å². The van der Waals surface area contributed by atoms with Crippen molar-refractivity contribution in [2.45, 2.75) is 19.8 Å². The second kappa shape index (κ2) is 11.1. The number of hydrogen-bond acceptors (Lipinski definition) is 4. The molecule has 0 unspecified atom stereocenters. The number of hydrogen-bond donors (Lipinski definition) is 2. The minimum Gasteiger partial charge on any atom is -0.490 e. The third kappa shape index (κ3) is 7.58.